The SMILES string of the molecule is CCC(c1ccc(C)nn1)C(C)Br. The smallest absolute Gasteiger partial charge is 0.0673 e. The number of hydrogen-bond acceptors (Lipinski definition) is 2. The van der Waals surface area contributed by atoms with E-state index in [9.17, 15) is 0 Å². The van der Waals surface area contributed by atoms with Gasteiger partial charge in [-0.3, -0.25) is 0 Å². The lowest BCUT2D eigenvalue weighted by Gasteiger charge is -2.15. The van der Waals surface area contributed by atoms with Crippen LogP contribution in [0.2, 0.25) is 0 Å². The van der Waals surface area contributed by atoms with Crippen molar-refractivity contribution in [3.63, 3.8) is 0 Å². The van der Waals surface area contributed by atoms with Crippen molar-refractivity contribution in [3.8, 4) is 0 Å². The number of hydrogen-bond donors (Lipinski definition) is 0. The van der Waals surface area contributed by atoms with Crippen LogP contribution in [-0.2, 0) is 0 Å². The molecule has 0 aliphatic heterocycles. The summed E-state index contributed by atoms with van der Waals surface area (Å²) in [6.45, 7) is 6.27. The second-order valence-corrected chi connectivity index (χ2v) is 4.74. The summed E-state index contributed by atoms with van der Waals surface area (Å²) in [4.78, 5) is 0.453. The van der Waals surface area contributed by atoms with E-state index in [1.165, 1.54) is 0 Å². The number of halogens is 1. The zero-order valence-corrected chi connectivity index (χ0v) is 9.87. The van der Waals surface area contributed by atoms with Gasteiger partial charge in [-0.05, 0) is 25.5 Å². The summed E-state index contributed by atoms with van der Waals surface area (Å²) >= 11 is 3.59. The molecule has 1 rings (SSSR count). The third kappa shape index (κ3) is 2.76. The van der Waals surface area contributed by atoms with Gasteiger partial charge in [-0.15, -0.1) is 0 Å². The van der Waals surface area contributed by atoms with Crippen molar-refractivity contribution >= 4 is 15.9 Å². The van der Waals surface area contributed by atoms with Gasteiger partial charge in [-0.1, -0.05) is 29.8 Å². The molecule has 0 bridgehead atoms. The van der Waals surface area contributed by atoms with Crippen molar-refractivity contribution in [2.45, 2.75) is 37.9 Å². The van der Waals surface area contributed by atoms with E-state index >= 15 is 0 Å². The lowest BCUT2D eigenvalue weighted by atomic mass is 9.99. The molecule has 1 heterocycles. The summed E-state index contributed by atoms with van der Waals surface area (Å²) in [7, 11) is 0. The van der Waals surface area contributed by atoms with Crippen molar-refractivity contribution in [1.29, 1.82) is 0 Å². The standard InChI is InChI=1S/C10H15BrN2/c1-4-9(8(3)11)10-6-5-7(2)12-13-10/h5-6,8-9H,4H2,1-3H3. The fraction of sp³-hybridized carbons (Fsp3) is 0.600. The number of aryl methyl sites for hydroxylation is 1. The Kier molecular flexibility index (Phi) is 3.85. The van der Waals surface area contributed by atoms with Crippen LogP contribution >= 0.6 is 15.9 Å². The maximum atomic E-state index is 4.19. The van der Waals surface area contributed by atoms with Crippen molar-refractivity contribution in [2.75, 3.05) is 0 Å². The molecule has 2 atom stereocenters. The Hall–Kier alpha value is -0.440. The molecule has 0 saturated heterocycles. The molecule has 2 nitrogen and oxygen atoms in total. The summed E-state index contributed by atoms with van der Waals surface area (Å²) in [5, 5.41) is 8.25. The first-order valence-corrected chi connectivity index (χ1v) is 5.51. The Balaban J connectivity index is 2.86. The summed E-state index contributed by atoms with van der Waals surface area (Å²) in [6, 6.07) is 4.08. The van der Waals surface area contributed by atoms with Crippen LogP contribution in [0.5, 0.6) is 0 Å². The quantitative estimate of drug-likeness (QED) is 0.762. The predicted molar refractivity (Wildman–Crippen MR) is 58.2 cm³/mol. The van der Waals surface area contributed by atoms with E-state index in [4.69, 9.17) is 0 Å². The number of alkyl halides is 1. The van der Waals surface area contributed by atoms with Crippen molar-refractivity contribution in [2.24, 2.45) is 0 Å². The average molecular weight is 243 g/mol. The Morgan fingerprint density at radius 1 is 1.38 bits per heavy atom. The maximum Gasteiger partial charge on any atom is 0.0673 e. The second kappa shape index (κ2) is 4.70. The van der Waals surface area contributed by atoms with Gasteiger partial charge >= 0.3 is 0 Å². The van der Waals surface area contributed by atoms with Crippen LogP contribution in [0.4, 0.5) is 0 Å². The molecule has 0 saturated carbocycles. The minimum absolute atomic E-state index is 0.453. The number of nitrogens with zero attached hydrogens (tertiary/aromatic N) is 2. The highest BCUT2D eigenvalue weighted by atomic mass is 79.9. The topological polar surface area (TPSA) is 25.8 Å². The Bertz CT molecular complexity index is 256. The van der Waals surface area contributed by atoms with Crippen molar-refractivity contribution in [3.05, 3.63) is 23.5 Å². The molecule has 0 aliphatic rings. The Morgan fingerprint density at radius 3 is 2.46 bits per heavy atom. The van der Waals surface area contributed by atoms with Crippen molar-refractivity contribution < 1.29 is 0 Å². The molecular weight excluding hydrogens is 228 g/mol. The van der Waals surface area contributed by atoms with E-state index in [-0.39, 0.29) is 0 Å². The summed E-state index contributed by atoms with van der Waals surface area (Å²) in [5.41, 5.74) is 2.05. The van der Waals surface area contributed by atoms with E-state index in [1.54, 1.807) is 0 Å². The molecule has 13 heavy (non-hydrogen) atoms. The lowest BCUT2D eigenvalue weighted by Crippen LogP contribution is -2.10. The molecule has 1 aromatic heterocycles. The number of rotatable bonds is 3. The van der Waals surface area contributed by atoms with Gasteiger partial charge in [-0.2, -0.15) is 10.2 Å². The molecule has 1 aromatic rings. The van der Waals surface area contributed by atoms with Crippen LogP contribution in [0, 0.1) is 6.92 Å². The molecular formula is C10H15BrN2. The van der Waals surface area contributed by atoms with Crippen LogP contribution in [0.3, 0.4) is 0 Å². The van der Waals surface area contributed by atoms with E-state index in [0.29, 0.717) is 10.7 Å². The van der Waals surface area contributed by atoms with Gasteiger partial charge in [-0.25, -0.2) is 0 Å². The van der Waals surface area contributed by atoms with Crippen LogP contribution in [0.25, 0.3) is 0 Å². The fourth-order valence-electron chi connectivity index (χ4n) is 1.38. The van der Waals surface area contributed by atoms with Gasteiger partial charge in [0.2, 0.25) is 0 Å². The Morgan fingerprint density at radius 2 is 2.08 bits per heavy atom. The summed E-state index contributed by atoms with van der Waals surface area (Å²) < 4.78 is 0. The highest BCUT2D eigenvalue weighted by molar-refractivity contribution is 9.09. The van der Waals surface area contributed by atoms with Crippen LogP contribution in [0.15, 0.2) is 12.1 Å². The van der Waals surface area contributed by atoms with Gasteiger partial charge in [0.25, 0.3) is 0 Å². The van der Waals surface area contributed by atoms with Gasteiger partial charge in [0.05, 0.1) is 11.4 Å². The normalized spacial score (nSPS) is 15.4. The molecule has 0 fully saturated rings. The fourth-order valence-corrected chi connectivity index (χ4v) is 2.02. The van der Waals surface area contributed by atoms with Crippen LogP contribution in [-0.4, -0.2) is 15.0 Å². The van der Waals surface area contributed by atoms with Gasteiger partial charge in [0.1, 0.15) is 0 Å². The highest BCUT2D eigenvalue weighted by Crippen LogP contribution is 2.25. The van der Waals surface area contributed by atoms with Crippen LogP contribution in [0.1, 0.15) is 37.6 Å². The first kappa shape index (κ1) is 10.6. The predicted octanol–water partition coefficient (Wildman–Crippen LogP) is 3.06. The zero-order valence-electron chi connectivity index (χ0n) is 8.29. The first-order chi connectivity index (χ1) is 6.15. The van der Waals surface area contributed by atoms with E-state index < -0.39 is 0 Å². The lowest BCUT2D eigenvalue weighted by molar-refractivity contribution is 0.630. The minimum atomic E-state index is 0.453. The highest BCUT2D eigenvalue weighted by Gasteiger charge is 2.16. The molecule has 0 aliphatic carbocycles. The van der Waals surface area contributed by atoms with Gasteiger partial charge < -0.3 is 0 Å². The molecule has 72 valence electrons. The largest absolute Gasteiger partial charge is 0.156 e. The minimum Gasteiger partial charge on any atom is -0.156 e. The second-order valence-electron chi connectivity index (χ2n) is 3.29. The summed E-state index contributed by atoms with van der Waals surface area (Å²) in [6.07, 6.45) is 1.09. The van der Waals surface area contributed by atoms with Crippen molar-refractivity contribution in [1.82, 2.24) is 10.2 Å². The van der Waals surface area contributed by atoms with E-state index in [1.807, 2.05) is 13.0 Å². The van der Waals surface area contributed by atoms with Gasteiger partial charge in [0, 0.05) is 10.7 Å². The monoisotopic (exact) mass is 242 g/mol. The summed E-state index contributed by atoms with van der Waals surface area (Å²) in [5.74, 6) is 0.466. The molecule has 0 amide bonds. The third-order valence-corrected chi connectivity index (χ3v) is 2.83. The molecule has 0 aromatic carbocycles. The zero-order chi connectivity index (χ0) is 9.84. The molecule has 2 unspecified atom stereocenters. The molecule has 3 heteroatoms. The molecule has 0 radical (unpaired) electrons. The van der Waals surface area contributed by atoms with E-state index in [2.05, 4.69) is 46.0 Å². The molecule has 0 spiro atoms. The number of aromatic nitrogens is 2. The third-order valence-electron chi connectivity index (χ3n) is 2.19. The first-order valence-electron chi connectivity index (χ1n) is 4.59. The van der Waals surface area contributed by atoms with Crippen LogP contribution < -0.4 is 0 Å². The van der Waals surface area contributed by atoms with E-state index in [0.717, 1.165) is 17.8 Å². The molecule has 0 N–H and O–H groups in total. The maximum absolute atomic E-state index is 4.19. The Labute approximate surface area is 87.9 Å². The van der Waals surface area contributed by atoms with Gasteiger partial charge in [0.15, 0.2) is 0 Å². The average Bonchev–Trinajstić information content (AvgIpc) is 2.09.